The zero-order chi connectivity index (χ0) is 16.2. The number of aryl methyl sites for hydroxylation is 2. The normalized spacial score (nSPS) is 10.9. The predicted molar refractivity (Wildman–Crippen MR) is 93.4 cm³/mol. The zero-order valence-corrected chi connectivity index (χ0v) is 13.6. The SMILES string of the molecule is CCc1cccc2c(C=O)cn(CCOc3ccccc3C)c12. The molecule has 3 heteroatoms. The molecule has 0 bridgehead atoms. The Morgan fingerprint density at radius 1 is 1.13 bits per heavy atom. The second-order valence-corrected chi connectivity index (χ2v) is 5.68. The Morgan fingerprint density at radius 2 is 1.96 bits per heavy atom. The molecule has 0 amide bonds. The maximum absolute atomic E-state index is 11.3. The number of carbonyl (C=O) groups is 1. The van der Waals surface area contributed by atoms with E-state index in [0.29, 0.717) is 6.61 Å². The minimum atomic E-state index is 0.574. The van der Waals surface area contributed by atoms with Gasteiger partial charge in [0.25, 0.3) is 0 Å². The van der Waals surface area contributed by atoms with Gasteiger partial charge < -0.3 is 9.30 Å². The van der Waals surface area contributed by atoms with E-state index >= 15 is 0 Å². The van der Waals surface area contributed by atoms with E-state index in [-0.39, 0.29) is 0 Å². The van der Waals surface area contributed by atoms with Crippen molar-refractivity contribution in [1.29, 1.82) is 0 Å². The van der Waals surface area contributed by atoms with E-state index in [4.69, 9.17) is 4.74 Å². The highest BCUT2D eigenvalue weighted by Crippen LogP contribution is 2.24. The molecule has 2 aromatic carbocycles. The minimum absolute atomic E-state index is 0.574. The van der Waals surface area contributed by atoms with Crippen molar-refractivity contribution in [2.45, 2.75) is 26.8 Å². The standard InChI is InChI=1S/C20H21NO2/c1-3-16-8-6-9-18-17(14-22)13-21(20(16)18)11-12-23-19-10-5-4-7-15(19)2/h4-10,13-14H,3,11-12H2,1-2H3. The Labute approximate surface area is 136 Å². The number of ether oxygens (including phenoxy) is 1. The Balaban J connectivity index is 1.85. The number of nitrogens with zero attached hydrogens (tertiary/aromatic N) is 1. The number of hydrogen-bond donors (Lipinski definition) is 0. The van der Waals surface area contributed by atoms with Crippen LogP contribution in [0.2, 0.25) is 0 Å². The van der Waals surface area contributed by atoms with Gasteiger partial charge in [0.1, 0.15) is 12.4 Å². The fourth-order valence-electron chi connectivity index (χ4n) is 2.99. The molecule has 0 fully saturated rings. The highest BCUT2D eigenvalue weighted by molar-refractivity contribution is 5.98. The van der Waals surface area contributed by atoms with Crippen LogP contribution in [-0.2, 0) is 13.0 Å². The van der Waals surface area contributed by atoms with Gasteiger partial charge in [0.05, 0.1) is 12.1 Å². The molecule has 3 aromatic rings. The summed E-state index contributed by atoms with van der Waals surface area (Å²) in [4.78, 5) is 11.3. The lowest BCUT2D eigenvalue weighted by Gasteiger charge is -2.11. The summed E-state index contributed by atoms with van der Waals surface area (Å²) in [6.07, 6.45) is 3.80. The Bertz CT molecular complexity index is 833. The summed E-state index contributed by atoms with van der Waals surface area (Å²) in [7, 11) is 0. The molecular formula is C20H21NO2. The van der Waals surface area contributed by atoms with E-state index < -0.39 is 0 Å². The number of para-hydroxylation sites is 2. The summed E-state index contributed by atoms with van der Waals surface area (Å²) in [6.45, 7) is 5.47. The molecule has 0 aliphatic carbocycles. The van der Waals surface area contributed by atoms with E-state index in [1.807, 2.05) is 49.5 Å². The quantitative estimate of drug-likeness (QED) is 0.632. The first kappa shape index (κ1) is 15.3. The lowest BCUT2D eigenvalue weighted by Crippen LogP contribution is -2.08. The van der Waals surface area contributed by atoms with Crippen LogP contribution < -0.4 is 4.74 Å². The summed E-state index contributed by atoms with van der Waals surface area (Å²) >= 11 is 0. The predicted octanol–water partition coefficient (Wildman–Crippen LogP) is 4.40. The van der Waals surface area contributed by atoms with Crippen molar-refractivity contribution >= 4 is 17.2 Å². The highest BCUT2D eigenvalue weighted by atomic mass is 16.5. The molecule has 1 aromatic heterocycles. The van der Waals surface area contributed by atoms with E-state index in [0.717, 1.165) is 47.0 Å². The summed E-state index contributed by atoms with van der Waals surface area (Å²) in [5.74, 6) is 0.912. The summed E-state index contributed by atoms with van der Waals surface area (Å²) in [6, 6.07) is 14.2. The lowest BCUT2D eigenvalue weighted by molar-refractivity contribution is 0.112. The van der Waals surface area contributed by atoms with Gasteiger partial charge >= 0.3 is 0 Å². The molecule has 0 aliphatic heterocycles. The van der Waals surface area contributed by atoms with E-state index in [2.05, 4.69) is 17.6 Å². The van der Waals surface area contributed by atoms with Crippen LogP contribution in [0.3, 0.4) is 0 Å². The van der Waals surface area contributed by atoms with Crippen molar-refractivity contribution in [1.82, 2.24) is 4.57 Å². The second-order valence-electron chi connectivity index (χ2n) is 5.68. The van der Waals surface area contributed by atoms with Crippen LogP contribution in [-0.4, -0.2) is 17.5 Å². The molecule has 0 spiro atoms. The van der Waals surface area contributed by atoms with E-state index in [1.165, 1.54) is 5.56 Å². The average Bonchev–Trinajstić information content (AvgIpc) is 2.95. The number of benzene rings is 2. The van der Waals surface area contributed by atoms with Gasteiger partial charge in [-0.1, -0.05) is 43.3 Å². The van der Waals surface area contributed by atoms with Gasteiger partial charge in [0, 0.05) is 17.1 Å². The van der Waals surface area contributed by atoms with Crippen LogP contribution in [0.1, 0.15) is 28.4 Å². The largest absolute Gasteiger partial charge is 0.491 e. The maximum atomic E-state index is 11.3. The van der Waals surface area contributed by atoms with Crippen LogP contribution >= 0.6 is 0 Å². The first-order valence-corrected chi connectivity index (χ1v) is 7.99. The smallest absolute Gasteiger partial charge is 0.152 e. The first-order chi connectivity index (χ1) is 11.2. The Hall–Kier alpha value is -2.55. The molecule has 0 N–H and O–H groups in total. The van der Waals surface area contributed by atoms with Gasteiger partial charge in [-0.3, -0.25) is 4.79 Å². The topological polar surface area (TPSA) is 31.2 Å². The summed E-state index contributed by atoms with van der Waals surface area (Å²) in [5, 5.41) is 1.02. The lowest BCUT2D eigenvalue weighted by atomic mass is 10.1. The number of fused-ring (bicyclic) bond motifs is 1. The number of carbonyl (C=O) groups excluding carboxylic acids is 1. The molecule has 118 valence electrons. The fraction of sp³-hybridized carbons (Fsp3) is 0.250. The van der Waals surface area contributed by atoms with Gasteiger partial charge in [0.2, 0.25) is 0 Å². The van der Waals surface area contributed by atoms with Crippen LogP contribution in [0.4, 0.5) is 0 Å². The molecule has 23 heavy (non-hydrogen) atoms. The van der Waals surface area contributed by atoms with Crippen LogP contribution in [0.5, 0.6) is 5.75 Å². The molecule has 0 saturated heterocycles. The molecule has 0 saturated carbocycles. The second kappa shape index (κ2) is 6.69. The van der Waals surface area contributed by atoms with E-state index in [1.54, 1.807) is 0 Å². The van der Waals surface area contributed by atoms with Crippen molar-refractivity contribution in [2.75, 3.05) is 6.61 Å². The summed E-state index contributed by atoms with van der Waals surface area (Å²) < 4.78 is 8.03. The Kier molecular flexibility index (Phi) is 4.47. The van der Waals surface area contributed by atoms with Gasteiger partial charge in [-0.25, -0.2) is 0 Å². The molecular weight excluding hydrogens is 286 g/mol. The third-order valence-electron chi connectivity index (χ3n) is 4.20. The van der Waals surface area contributed by atoms with Gasteiger partial charge in [0.15, 0.2) is 6.29 Å². The third kappa shape index (κ3) is 3.00. The molecule has 0 aliphatic rings. The highest BCUT2D eigenvalue weighted by Gasteiger charge is 2.11. The monoisotopic (exact) mass is 307 g/mol. The molecule has 0 atom stereocenters. The van der Waals surface area contributed by atoms with Gasteiger partial charge in [-0.2, -0.15) is 0 Å². The van der Waals surface area contributed by atoms with Crippen molar-refractivity contribution in [3.8, 4) is 5.75 Å². The molecule has 1 heterocycles. The maximum Gasteiger partial charge on any atom is 0.152 e. The molecule has 0 radical (unpaired) electrons. The molecule has 3 rings (SSSR count). The van der Waals surface area contributed by atoms with Crippen molar-refractivity contribution < 1.29 is 9.53 Å². The van der Waals surface area contributed by atoms with Gasteiger partial charge in [-0.15, -0.1) is 0 Å². The fourth-order valence-corrected chi connectivity index (χ4v) is 2.99. The first-order valence-electron chi connectivity index (χ1n) is 7.99. The van der Waals surface area contributed by atoms with Crippen molar-refractivity contribution in [3.05, 3.63) is 65.4 Å². The van der Waals surface area contributed by atoms with Crippen LogP contribution in [0, 0.1) is 6.92 Å². The number of aromatic nitrogens is 1. The van der Waals surface area contributed by atoms with Crippen molar-refractivity contribution in [2.24, 2.45) is 0 Å². The summed E-state index contributed by atoms with van der Waals surface area (Å²) in [5.41, 5.74) is 4.27. The van der Waals surface area contributed by atoms with Crippen LogP contribution in [0.15, 0.2) is 48.7 Å². The minimum Gasteiger partial charge on any atom is -0.491 e. The number of rotatable bonds is 6. The van der Waals surface area contributed by atoms with E-state index in [9.17, 15) is 4.79 Å². The Morgan fingerprint density at radius 3 is 2.70 bits per heavy atom. The average molecular weight is 307 g/mol. The number of hydrogen-bond acceptors (Lipinski definition) is 2. The molecule has 0 unspecified atom stereocenters. The van der Waals surface area contributed by atoms with Crippen LogP contribution in [0.25, 0.3) is 10.9 Å². The van der Waals surface area contributed by atoms with Crippen molar-refractivity contribution in [3.63, 3.8) is 0 Å². The van der Waals surface area contributed by atoms with Gasteiger partial charge in [-0.05, 0) is 30.5 Å². The third-order valence-corrected chi connectivity index (χ3v) is 4.20. The molecule has 3 nitrogen and oxygen atoms in total. The zero-order valence-electron chi connectivity index (χ0n) is 13.6. The number of aldehydes is 1.